The SMILES string of the molecule is COC(=O)c1ccc(N2C(=O)NC(=O)/C(=C\c3cc(Cl)ccc3OCc3cccc(Cl)c3)C2=O)cc1. The molecule has 0 atom stereocenters. The van der Waals surface area contributed by atoms with Gasteiger partial charge in [-0.2, -0.15) is 0 Å². The van der Waals surface area contributed by atoms with Gasteiger partial charge in [0.15, 0.2) is 0 Å². The van der Waals surface area contributed by atoms with E-state index >= 15 is 0 Å². The predicted molar refractivity (Wildman–Crippen MR) is 134 cm³/mol. The highest BCUT2D eigenvalue weighted by molar-refractivity contribution is 6.39. The summed E-state index contributed by atoms with van der Waals surface area (Å²) in [6.07, 6.45) is 1.30. The number of halogens is 2. The van der Waals surface area contributed by atoms with Gasteiger partial charge in [0.1, 0.15) is 17.9 Å². The summed E-state index contributed by atoms with van der Waals surface area (Å²) < 4.78 is 10.5. The number of carbonyl (C=O) groups excluding carboxylic acids is 4. The minimum absolute atomic E-state index is 0.159. The number of hydrogen-bond donors (Lipinski definition) is 1. The topological polar surface area (TPSA) is 102 Å². The molecule has 0 spiro atoms. The number of carbonyl (C=O) groups is 4. The molecule has 10 heteroatoms. The molecule has 8 nitrogen and oxygen atoms in total. The molecule has 4 rings (SSSR count). The van der Waals surface area contributed by atoms with Crippen molar-refractivity contribution in [2.24, 2.45) is 0 Å². The summed E-state index contributed by atoms with van der Waals surface area (Å²) in [6.45, 7) is 0.176. The van der Waals surface area contributed by atoms with Gasteiger partial charge < -0.3 is 9.47 Å². The zero-order chi connectivity index (χ0) is 25.8. The van der Waals surface area contributed by atoms with Crippen LogP contribution in [0.2, 0.25) is 10.0 Å². The third kappa shape index (κ3) is 5.40. The first kappa shape index (κ1) is 25.0. The van der Waals surface area contributed by atoms with E-state index in [9.17, 15) is 19.2 Å². The van der Waals surface area contributed by atoms with Gasteiger partial charge in [-0.1, -0.05) is 35.3 Å². The van der Waals surface area contributed by atoms with Gasteiger partial charge in [0.05, 0.1) is 18.4 Å². The van der Waals surface area contributed by atoms with Crippen molar-refractivity contribution in [2.75, 3.05) is 12.0 Å². The maximum atomic E-state index is 13.2. The van der Waals surface area contributed by atoms with Gasteiger partial charge in [0.2, 0.25) is 0 Å². The first-order chi connectivity index (χ1) is 17.3. The second-order valence-corrected chi connectivity index (χ2v) is 8.47. The second-order valence-electron chi connectivity index (χ2n) is 7.60. The van der Waals surface area contributed by atoms with Crippen molar-refractivity contribution in [3.63, 3.8) is 0 Å². The lowest BCUT2D eigenvalue weighted by Gasteiger charge is -2.26. The molecular formula is C26H18Cl2N2O6. The van der Waals surface area contributed by atoms with Crippen LogP contribution in [-0.2, 0) is 20.9 Å². The Balaban J connectivity index is 1.65. The van der Waals surface area contributed by atoms with E-state index in [1.54, 1.807) is 30.3 Å². The van der Waals surface area contributed by atoms with Crippen molar-refractivity contribution in [1.82, 2.24) is 5.32 Å². The van der Waals surface area contributed by atoms with Crippen LogP contribution in [0.3, 0.4) is 0 Å². The van der Waals surface area contributed by atoms with Crippen molar-refractivity contribution in [3.8, 4) is 5.75 Å². The normalized spacial score (nSPS) is 14.6. The average molecular weight is 525 g/mol. The van der Waals surface area contributed by atoms with Crippen molar-refractivity contribution in [1.29, 1.82) is 0 Å². The molecule has 0 radical (unpaired) electrons. The molecule has 3 aromatic rings. The van der Waals surface area contributed by atoms with E-state index in [0.29, 0.717) is 21.4 Å². The fourth-order valence-corrected chi connectivity index (χ4v) is 3.86. The fourth-order valence-electron chi connectivity index (χ4n) is 3.46. The second kappa shape index (κ2) is 10.6. The van der Waals surface area contributed by atoms with E-state index in [1.807, 2.05) is 6.07 Å². The molecular weight excluding hydrogens is 507 g/mol. The summed E-state index contributed by atoms with van der Waals surface area (Å²) in [7, 11) is 1.24. The minimum atomic E-state index is -0.920. The number of esters is 1. The highest BCUT2D eigenvalue weighted by Gasteiger charge is 2.37. The Morgan fingerprint density at radius 1 is 0.972 bits per heavy atom. The number of nitrogens with zero attached hydrogens (tertiary/aromatic N) is 1. The van der Waals surface area contributed by atoms with Crippen molar-refractivity contribution < 1.29 is 28.7 Å². The summed E-state index contributed by atoms with van der Waals surface area (Å²) in [5, 5.41) is 3.07. The number of anilines is 1. The van der Waals surface area contributed by atoms with E-state index in [0.717, 1.165) is 10.5 Å². The Hall–Kier alpha value is -4.14. The molecule has 1 N–H and O–H groups in total. The number of imide groups is 2. The summed E-state index contributed by atoms with van der Waals surface area (Å²) >= 11 is 12.2. The molecule has 1 aliphatic heterocycles. The third-order valence-electron chi connectivity index (χ3n) is 5.20. The standard InChI is InChI=1S/C26H18Cl2N2O6/c1-35-25(33)16-5-8-20(9-6-16)30-24(32)21(23(31)29-26(30)34)13-17-12-19(28)7-10-22(17)36-14-15-3-2-4-18(27)11-15/h2-13H,14H2,1H3,(H,29,31,34)/b21-13+. The fraction of sp³-hybridized carbons (Fsp3) is 0.0769. The first-order valence-corrected chi connectivity index (χ1v) is 11.3. The van der Waals surface area contributed by atoms with Crippen molar-refractivity contribution >= 4 is 58.8 Å². The lowest BCUT2D eigenvalue weighted by Crippen LogP contribution is -2.54. The smallest absolute Gasteiger partial charge is 0.337 e. The Morgan fingerprint density at radius 3 is 2.39 bits per heavy atom. The van der Waals surface area contributed by atoms with Crippen LogP contribution in [0.4, 0.5) is 10.5 Å². The molecule has 1 aliphatic rings. The zero-order valence-electron chi connectivity index (χ0n) is 18.8. The van der Waals surface area contributed by atoms with Crippen LogP contribution < -0.4 is 15.0 Å². The van der Waals surface area contributed by atoms with Crippen LogP contribution in [-0.4, -0.2) is 30.9 Å². The third-order valence-corrected chi connectivity index (χ3v) is 5.67. The van der Waals surface area contributed by atoms with Gasteiger partial charge in [0, 0.05) is 15.6 Å². The van der Waals surface area contributed by atoms with Crippen LogP contribution in [0.25, 0.3) is 6.08 Å². The summed E-state index contributed by atoms with van der Waals surface area (Å²) in [5.74, 6) is -1.93. The molecule has 4 amide bonds. The molecule has 36 heavy (non-hydrogen) atoms. The maximum absolute atomic E-state index is 13.2. The molecule has 1 heterocycles. The Labute approximate surface area is 216 Å². The molecule has 3 aromatic carbocycles. The molecule has 182 valence electrons. The van der Waals surface area contributed by atoms with Crippen LogP contribution in [0.15, 0.2) is 72.3 Å². The van der Waals surface area contributed by atoms with Crippen LogP contribution in [0.1, 0.15) is 21.5 Å². The Kier molecular flexibility index (Phi) is 7.38. The monoisotopic (exact) mass is 524 g/mol. The molecule has 0 unspecified atom stereocenters. The maximum Gasteiger partial charge on any atom is 0.337 e. The first-order valence-electron chi connectivity index (χ1n) is 10.5. The Bertz CT molecular complexity index is 1400. The highest BCUT2D eigenvalue weighted by Crippen LogP contribution is 2.29. The van der Waals surface area contributed by atoms with Crippen molar-refractivity contribution in [2.45, 2.75) is 6.61 Å². The lowest BCUT2D eigenvalue weighted by atomic mass is 10.1. The predicted octanol–water partition coefficient (Wildman–Crippen LogP) is 5.03. The molecule has 1 fully saturated rings. The van der Waals surface area contributed by atoms with E-state index < -0.39 is 23.8 Å². The molecule has 0 bridgehead atoms. The van der Waals surface area contributed by atoms with E-state index in [-0.39, 0.29) is 23.4 Å². The van der Waals surface area contributed by atoms with Gasteiger partial charge in [-0.3, -0.25) is 14.9 Å². The number of hydrogen-bond acceptors (Lipinski definition) is 6. The number of rotatable bonds is 6. The quantitative estimate of drug-likeness (QED) is 0.275. The Morgan fingerprint density at radius 2 is 1.69 bits per heavy atom. The van der Waals surface area contributed by atoms with E-state index in [4.69, 9.17) is 27.9 Å². The van der Waals surface area contributed by atoms with E-state index in [2.05, 4.69) is 10.1 Å². The summed E-state index contributed by atoms with van der Waals surface area (Å²) in [5.41, 5.74) is 1.26. The number of ether oxygens (including phenoxy) is 2. The summed E-state index contributed by atoms with van der Waals surface area (Å²) in [4.78, 5) is 50.8. The average Bonchev–Trinajstić information content (AvgIpc) is 2.86. The highest BCUT2D eigenvalue weighted by atomic mass is 35.5. The summed E-state index contributed by atoms with van der Waals surface area (Å²) in [6, 6.07) is 16.6. The van der Waals surface area contributed by atoms with Gasteiger partial charge in [-0.25, -0.2) is 14.5 Å². The number of methoxy groups -OCH3 is 1. The zero-order valence-corrected chi connectivity index (χ0v) is 20.3. The molecule has 1 saturated heterocycles. The van der Waals surface area contributed by atoms with Gasteiger partial charge in [0.25, 0.3) is 11.8 Å². The van der Waals surface area contributed by atoms with Crippen LogP contribution in [0, 0.1) is 0 Å². The number of nitrogens with one attached hydrogen (secondary N) is 1. The van der Waals surface area contributed by atoms with Crippen LogP contribution >= 0.6 is 23.2 Å². The molecule has 0 saturated carbocycles. The number of amides is 4. The van der Waals surface area contributed by atoms with Gasteiger partial charge in [-0.05, 0) is 66.2 Å². The number of urea groups is 1. The molecule has 0 aliphatic carbocycles. The van der Waals surface area contributed by atoms with Gasteiger partial charge >= 0.3 is 12.0 Å². The van der Waals surface area contributed by atoms with Crippen LogP contribution in [0.5, 0.6) is 5.75 Å². The van der Waals surface area contributed by atoms with Crippen molar-refractivity contribution in [3.05, 3.63) is 99.0 Å². The number of benzene rings is 3. The number of barbiturate groups is 1. The van der Waals surface area contributed by atoms with E-state index in [1.165, 1.54) is 43.5 Å². The molecule has 0 aromatic heterocycles. The largest absolute Gasteiger partial charge is 0.488 e. The lowest BCUT2D eigenvalue weighted by molar-refractivity contribution is -0.122. The minimum Gasteiger partial charge on any atom is -0.488 e. The van der Waals surface area contributed by atoms with Gasteiger partial charge in [-0.15, -0.1) is 0 Å².